The third-order valence-corrected chi connectivity index (χ3v) is 21.9. The number of carboxylic acids is 1. The number of likely N-dealkylation sites (tertiary alicyclic amines) is 2. The Morgan fingerprint density at radius 2 is 0.793 bits per heavy atom. The average Bonchev–Trinajstić information content (AvgIpc) is 0.748. The van der Waals surface area contributed by atoms with Gasteiger partial charge in [-0.2, -0.15) is 79.0 Å². The number of nitro groups is 1. The normalized spacial score (nSPS) is 23.6. The molecule has 6 aromatic rings. The second-order valence-corrected chi connectivity index (χ2v) is 30.1. The van der Waals surface area contributed by atoms with Crippen LogP contribution in [0, 0.1) is 10.1 Å². The van der Waals surface area contributed by atoms with Crippen molar-refractivity contribution in [2.45, 2.75) is 189 Å². The summed E-state index contributed by atoms with van der Waals surface area (Å²) in [5.74, 6) is -2.23. The predicted octanol–water partition coefficient (Wildman–Crippen LogP) is 17.2. The number of ether oxygens (including phenoxy) is 5. The van der Waals surface area contributed by atoms with Gasteiger partial charge in [0.25, 0.3) is 11.5 Å². The molecular formula is C83H98F18N6O14. The molecule has 4 fully saturated rings. The van der Waals surface area contributed by atoms with Crippen LogP contribution < -0.4 is 11.1 Å². The lowest BCUT2D eigenvalue weighted by Gasteiger charge is -2.57. The maximum atomic E-state index is 13.4. The first-order valence-corrected chi connectivity index (χ1v) is 37.8. The number of aliphatic carboxylic acids is 1. The molecule has 1 unspecified atom stereocenters. The molecule has 4 aliphatic heterocycles. The van der Waals surface area contributed by atoms with E-state index in [-0.39, 0.29) is 132 Å². The highest BCUT2D eigenvalue weighted by Crippen LogP contribution is 2.49. The van der Waals surface area contributed by atoms with E-state index in [1.54, 1.807) is 79.4 Å². The van der Waals surface area contributed by atoms with Gasteiger partial charge in [-0.3, -0.25) is 44.0 Å². The molecular weight excluding hydrogens is 1650 g/mol. The first-order chi connectivity index (χ1) is 55.7. The number of carbonyl (C=O) groups excluding carboxylic acids is 3. The van der Waals surface area contributed by atoms with Crippen LogP contribution in [0.3, 0.4) is 0 Å². The van der Waals surface area contributed by atoms with Crippen molar-refractivity contribution in [2.75, 3.05) is 85.5 Å². The smallest absolute Gasteiger partial charge is 0.416 e. The van der Waals surface area contributed by atoms with Gasteiger partial charge in [-0.25, -0.2) is 0 Å². The van der Waals surface area contributed by atoms with E-state index in [4.69, 9.17) is 39.3 Å². The van der Waals surface area contributed by atoms with Gasteiger partial charge in [0.1, 0.15) is 6.61 Å². The highest BCUT2D eigenvalue weighted by Gasteiger charge is 2.57. The Morgan fingerprint density at radius 1 is 0.488 bits per heavy atom. The predicted molar refractivity (Wildman–Crippen MR) is 405 cm³/mol. The van der Waals surface area contributed by atoms with Gasteiger partial charge < -0.3 is 50.1 Å². The van der Waals surface area contributed by atoms with Crippen molar-refractivity contribution in [3.8, 4) is 0 Å². The van der Waals surface area contributed by atoms with Crippen LogP contribution in [0.2, 0.25) is 0 Å². The standard InChI is InChI=1S/C27H30F6N2O6.C27H32F6N2O4.C26H28F6N2O2.C2H4O2.CH4/c1-3-40-23(37)14-34-15-24(16-36,35(38)39)9-10-25(34,20-7-5-4-6-8-20)17-41-18(2)19-11-21(26(28,29)30)13-22(12-19)27(31,32)33;1-3-38-23(37)14-35-15-24(34,16-36)9-10-25(35,20-7-5-4-6-8-20)17-39-18(2)19-11-21(26(28,29)30)13-22(12-19)27(31,32)33;1-3-23-9-10-24(19-7-5-4-6-8-19,34(15-23)14-22(35)33-23)16-36-17(2)18-11-20(25(27,28)29)13-21(12-18)26(30,31)32;1-2(3)4;/h4-8,11-13,18,36H,3,9-10,14-17H2,1-2H3;4-8,11-13,18,36H,3,9-10,14-17,34H2,1-2H3;4-8,11-13,17H,3,9-10,14-16H2,1-2H3,(H,33,35);1H3,(H,3,4);1H4/t2*18-,24-,25-;17-,23-,24-;;/m111../s1. The molecule has 10 rings (SSSR count). The molecule has 4 heterocycles. The van der Waals surface area contributed by atoms with Gasteiger partial charge in [0.15, 0.2) is 0 Å². The molecule has 1 amide bonds. The Bertz CT molecular complexity index is 4330. The van der Waals surface area contributed by atoms with Crippen molar-refractivity contribution in [1.82, 2.24) is 20.0 Å². The van der Waals surface area contributed by atoms with E-state index in [9.17, 15) is 114 Å². The van der Waals surface area contributed by atoms with Crippen molar-refractivity contribution >= 4 is 23.8 Å². The van der Waals surface area contributed by atoms with E-state index in [0.29, 0.717) is 73.3 Å². The maximum absolute atomic E-state index is 13.4. The van der Waals surface area contributed by atoms with Crippen molar-refractivity contribution in [2.24, 2.45) is 5.73 Å². The Labute approximate surface area is 686 Å². The summed E-state index contributed by atoms with van der Waals surface area (Å²) < 4.78 is 269. The molecule has 4 aliphatic rings. The van der Waals surface area contributed by atoms with E-state index in [1.165, 1.54) is 25.7 Å². The number of hydrogen-bond donors (Lipinski definition) is 5. The van der Waals surface area contributed by atoms with Crippen molar-refractivity contribution in [3.05, 3.63) is 222 Å². The van der Waals surface area contributed by atoms with Gasteiger partial charge in [0.05, 0.1) is 145 Å². The molecule has 10 atom stereocenters. The fourth-order valence-corrected chi connectivity index (χ4v) is 15.1. The number of piperazine rings is 1. The minimum atomic E-state index is -5.04. The van der Waals surface area contributed by atoms with Crippen LogP contribution >= 0.6 is 0 Å². The van der Waals surface area contributed by atoms with Crippen LogP contribution in [0.5, 0.6) is 0 Å². The first kappa shape index (κ1) is 101. The molecule has 20 nitrogen and oxygen atoms in total. The number of alkyl halides is 18. The Kier molecular flexibility index (Phi) is 33.8. The van der Waals surface area contributed by atoms with Crippen LogP contribution in [-0.2, 0) is 96.5 Å². The lowest BCUT2D eigenvalue weighted by atomic mass is 9.72. The number of rotatable bonds is 25. The zero-order chi connectivity index (χ0) is 89.6. The molecule has 6 aromatic carbocycles. The van der Waals surface area contributed by atoms with Crippen molar-refractivity contribution in [3.63, 3.8) is 0 Å². The molecule has 0 aliphatic carbocycles. The van der Waals surface area contributed by atoms with E-state index in [0.717, 1.165) is 18.9 Å². The van der Waals surface area contributed by atoms with Crippen LogP contribution in [0.25, 0.3) is 0 Å². The Hall–Kier alpha value is -9.02. The number of aliphatic hydroxyl groups excluding tert-OH is 2. The summed E-state index contributed by atoms with van der Waals surface area (Å²) >= 11 is 0. The number of piperidine rings is 3. The highest BCUT2D eigenvalue weighted by molar-refractivity contribution is 5.80. The number of nitrogens with zero attached hydrogens (tertiary/aromatic N) is 4. The number of carbonyl (C=O) groups is 4. The largest absolute Gasteiger partial charge is 0.481 e. The number of carboxylic acid groups (broad SMARTS) is 1. The zero-order valence-corrected chi connectivity index (χ0v) is 66.2. The SMILES string of the molecule is C.CC(=O)O.CCOC(=O)CN1C[C@@](N)(CO)CC[C@@]1(CO[C@H](C)c1cc(C(F)(F)F)cc(C(F)(F)F)c1)c1ccccc1.CCOC(=O)CN1C[C@](CO)([N+](=O)[O-])CC[C@@]1(CO[C@H](C)c1cc(C(F)(F)F)cc(C(F)(F)F)c1)c1ccccc1.CC[C@]12CC[C@@](CO[C@H](C)c3cc(C(F)(F)F)cc(C(F)(F)F)c3)(c3ccccc3)N(CC(=O)N1)C2. The van der Waals surface area contributed by atoms with Gasteiger partial charge in [0, 0.05) is 31.4 Å². The minimum absolute atomic E-state index is 0. The monoisotopic (exact) mass is 1740 g/mol. The Balaban J connectivity index is 0.000000274. The lowest BCUT2D eigenvalue weighted by molar-refractivity contribution is -0.580. The Morgan fingerprint density at radius 3 is 1.09 bits per heavy atom. The molecule has 0 saturated carbocycles. The molecule has 4 saturated heterocycles. The quantitative estimate of drug-likeness (QED) is 0.0154. The maximum Gasteiger partial charge on any atom is 0.416 e. The van der Waals surface area contributed by atoms with Gasteiger partial charge in [-0.15, -0.1) is 0 Å². The van der Waals surface area contributed by atoms with E-state index < -0.39 is 159 Å². The number of nitrogens with one attached hydrogen (secondary N) is 1. The van der Waals surface area contributed by atoms with Crippen molar-refractivity contribution in [1.29, 1.82) is 0 Å². The molecule has 121 heavy (non-hydrogen) atoms. The second kappa shape index (κ2) is 40.5. The molecule has 2 bridgehead atoms. The number of benzene rings is 6. The summed E-state index contributed by atoms with van der Waals surface area (Å²) in [6, 6.07) is 30.7. The summed E-state index contributed by atoms with van der Waals surface area (Å²) in [6.45, 7) is 8.53. The minimum Gasteiger partial charge on any atom is -0.481 e. The lowest BCUT2D eigenvalue weighted by Crippen LogP contribution is -2.71. The number of fused-ring (bicyclic) bond motifs is 2. The highest BCUT2D eigenvalue weighted by atomic mass is 19.4. The number of esters is 2. The number of hydrogen-bond acceptors (Lipinski definition) is 17. The molecule has 38 heteroatoms. The average molecular weight is 1750 g/mol. The van der Waals surface area contributed by atoms with E-state index >= 15 is 0 Å². The fraction of sp³-hybridized carbons (Fsp3) is 0.518. The van der Waals surface area contributed by atoms with E-state index in [1.807, 2.05) is 42.2 Å². The zero-order valence-electron chi connectivity index (χ0n) is 66.2. The van der Waals surface area contributed by atoms with Gasteiger partial charge in [-0.05, 0) is 161 Å². The molecule has 670 valence electrons. The third-order valence-electron chi connectivity index (χ3n) is 21.9. The molecule has 0 radical (unpaired) electrons. The first-order valence-electron chi connectivity index (χ1n) is 37.8. The van der Waals surface area contributed by atoms with Crippen LogP contribution in [0.1, 0.15) is 186 Å². The summed E-state index contributed by atoms with van der Waals surface area (Å²) in [5.41, 5.74) is -7.27. The topological polar surface area (TPSA) is 266 Å². The fourth-order valence-electron chi connectivity index (χ4n) is 15.1. The number of aliphatic hydroxyl groups is 2. The van der Waals surface area contributed by atoms with Gasteiger partial charge >= 0.3 is 49.0 Å². The molecule has 6 N–H and O–H groups in total. The number of nitrogens with two attached hydrogens (primary N) is 1. The van der Waals surface area contributed by atoms with Crippen LogP contribution in [0.4, 0.5) is 79.0 Å². The number of halogens is 18. The van der Waals surface area contributed by atoms with Gasteiger partial charge in [0.2, 0.25) is 5.91 Å². The molecule has 0 aromatic heterocycles. The summed E-state index contributed by atoms with van der Waals surface area (Å²) in [7, 11) is 0. The second-order valence-electron chi connectivity index (χ2n) is 30.1. The van der Waals surface area contributed by atoms with Crippen LogP contribution in [-0.4, -0.2) is 161 Å². The summed E-state index contributed by atoms with van der Waals surface area (Å²) in [4.78, 5) is 63.2. The van der Waals surface area contributed by atoms with Crippen LogP contribution in [0.15, 0.2) is 146 Å². The van der Waals surface area contributed by atoms with Crippen molar-refractivity contribution < 1.29 is 142 Å². The third kappa shape index (κ3) is 25.6. The molecule has 0 spiro atoms. The van der Waals surface area contributed by atoms with Gasteiger partial charge in [-0.1, -0.05) is 105 Å². The summed E-state index contributed by atoms with van der Waals surface area (Å²) in [5, 5.41) is 42.4. The van der Waals surface area contributed by atoms with E-state index in [2.05, 4.69) is 5.32 Å². The summed E-state index contributed by atoms with van der Waals surface area (Å²) in [6.07, 6.45) is -31.0. The number of amides is 1.